The number of nitro benzene ring substituents is 1. The van der Waals surface area contributed by atoms with E-state index >= 15 is 0 Å². The van der Waals surface area contributed by atoms with E-state index in [4.69, 9.17) is 9.72 Å². The lowest BCUT2D eigenvalue weighted by Crippen LogP contribution is -2.39. The maximum atomic E-state index is 13.8. The molecule has 1 amide bonds. The van der Waals surface area contributed by atoms with Crippen molar-refractivity contribution in [1.82, 2.24) is 9.88 Å². The molecule has 0 atom stereocenters. The van der Waals surface area contributed by atoms with Crippen molar-refractivity contribution >= 4 is 44.0 Å². The second-order valence-corrected chi connectivity index (χ2v) is 9.95. The molecule has 0 unspecified atom stereocenters. The number of nitrogens with zero attached hydrogens (tertiary/aromatic N) is 5. The Morgan fingerprint density at radius 3 is 2.53 bits per heavy atom. The summed E-state index contributed by atoms with van der Waals surface area (Å²) >= 11 is 1.49. The van der Waals surface area contributed by atoms with E-state index in [0.717, 1.165) is 34.4 Å². The first kappa shape index (κ1) is 26.0. The van der Waals surface area contributed by atoms with Gasteiger partial charge in [-0.15, -0.1) is 0 Å². The Morgan fingerprint density at radius 1 is 1.14 bits per heavy atom. The van der Waals surface area contributed by atoms with Crippen LogP contribution in [0.4, 0.5) is 16.5 Å². The number of carbonyl (C=O) groups excluding carboxylic acids is 1. The Hall–Kier alpha value is -3.08. The van der Waals surface area contributed by atoms with Crippen LogP contribution in [0.1, 0.15) is 35.3 Å². The lowest BCUT2D eigenvalue weighted by atomic mass is 10.1. The smallest absolute Gasteiger partial charge is 0.293 e. The topological polar surface area (TPSA) is 92.0 Å². The minimum Gasteiger partial charge on any atom is -0.378 e. The van der Waals surface area contributed by atoms with E-state index in [0.29, 0.717) is 50.2 Å². The van der Waals surface area contributed by atoms with Gasteiger partial charge in [0.15, 0.2) is 5.13 Å². The normalized spacial score (nSPS) is 14.0. The Morgan fingerprint density at radius 2 is 1.86 bits per heavy atom. The molecule has 3 aromatic rings. The first-order valence-corrected chi connectivity index (χ1v) is 13.2. The molecule has 0 aliphatic carbocycles. The molecule has 1 aliphatic heterocycles. The van der Waals surface area contributed by atoms with Gasteiger partial charge >= 0.3 is 0 Å². The van der Waals surface area contributed by atoms with E-state index in [1.807, 2.05) is 24.8 Å². The highest BCUT2D eigenvalue weighted by atomic mass is 32.1. The number of benzene rings is 2. The third-order valence-corrected chi connectivity index (χ3v) is 7.82. The molecule has 1 aromatic heterocycles. The molecule has 0 N–H and O–H groups in total. The maximum absolute atomic E-state index is 13.8. The summed E-state index contributed by atoms with van der Waals surface area (Å²) in [5, 5.41) is 12.6. The highest BCUT2D eigenvalue weighted by Crippen LogP contribution is 2.34. The van der Waals surface area contributed by atoms with Gasteiger partial charge in [0.2, 0.25) is 0 Å². The van der Waals surface area contributed by atoms with Crippen LogP contribution < -0.4 is 9.80 Å². The fourth-order valence-electron chi connectivity index (χ4n) is 4.58. The van der Waals surface area contributed by atoms with E-state index in [9.17, 15) is 14.9 Å². The summed E-state index contributed by atoms with van der Waals surface area (Å²) in [7, 11) is 0. The molecule has 4 rings (SSSR count). The molecule has 0 spiro atoms. The van der Waals surface area contributed by atoms with Gasteiger partial charge in [0, 0.05) is 37.8 Å². The second-order valence-electron chi connectivity index (χ2n) is 8.97. The molecule has 1 aliphatic rings. The van der Waals surface area contributed by atoms with Gasteiger partial charge in [-0.05, 0) is 56.3 Å². The monoisotopic (exact) mass is 511 g/mol. The molecular formula is C26H33N5O4S. The van der Waals surface area contributed by atoms with Crippen molar-refractivity contribution in [3.05, 3.63) is 57.1 Å². The number of nitro groups is 1. The van der Waals surface area contributed by atoms with E-state index in [1.54, 1.807) is 17.0 Å². The summed E-state index contributed by atoms with van der Waals surface area (Å²) < 4.78 is 6.43. The van der Waals surface area contributed by atoms with E-state index in [1.165, 1.54) is 17.4 Å². The molecule has 192 valence electrons. The highest BCUT2D eigenvalue weighted by Gasteiger charge is 2.27. The van der Waals surface area contributed by atoms with Crippen LogP contribution in [0.2, 0.25) is 0 Å². The minimum atomic E-state index is -0.411. The van der Waals surface area contributed by atoms with Crippen LogP contribution >= 0.6 is 11.3 Å². The quantitative estimate of drug-likeness (QED) is 0.305. The van der Waals surface area contributed by atoms with Gasteiger partial charge in [-0.1, -0.05) is 31.3 Å². The molecule has 0 bridgehead atoms. The summed E-state index contributed by atoms with van der Waals surface area (Å²) in [4.78, 5) is 36.1. The Bertz CT molecular complexity index is 1250. The average Bonchev–Trinajstić information content (AvgIpc) is 3.30. The van der Waals surface area contributed by atoms with Crippen LogP contribution in [0.3, 0.4) is 0 Å². The Balaban J connectivity index is 1.72. The zero-order valence-corrected chi connectivity index (χ0v) is 22.1. The van der Waals surface area contributed by atoms with Crippen LogP contribution in [-0.2, 0) is 4.74 Å². The predicted molar refractivity (Wildman–Crippen MR) is 145 cm³/mol. The van der Waals surface area contributed by atoms with Crippen molar-refractivity contribution in [1.29, 1.82) is 0 Å². The molecule has 36 heavy (non-hydrogen) atoms. The Kier molecular flexibility index (Phi) is 8.17. The van der Waals surface area contributed by atoms with Gasteiger partial charge in [0.25, 0.3) is 11.6 Å². The predicted octanol–water partition coefficient (Wildman–Crippen LogP) is 4.65. The number of thiazole rings is 1. The molecule has 0 radical (unpaired) electrons. The number of hydrogen-bond donors (Lipinski definition) is 0. The van der Waals surface area contributed by atoms with Crippen LogP contribution in [0.15, 0.2) is 30.3 Å². The number of carbonyl (C=O) groups is 1. The van der Waals surface area contributed by atoms with E-state index in [-0.39, 0.29) is 17.2 Å². The standard InChI is InChI=1S/C26H33N5O4S/c1-5-28(6-2)9-10-30(26-27-21-16-18(3)15-19(4)24(21)36-26)25(32)20-7-8-22(23(17-20)31(33)34)29-11-13-35-14-12-29/h7-8,15-17H,5-6,9-14H2,1-4H3. The minimum absolute atomic E-state index is 0.0674. The van der Waals surface area contributed by atoms with Crippen LogP contribution in [0.25, 0.3) is 10.2 Å². The summed E-state index contributed by atoms with van der Waals surface area (Å²) in [5.74, 6) is -0.285. The van der Waals surface area contributed by atoms with Gasteiger partial charge < -0.3 is 14.5 Å². The molecule has 0 saturated carbocycles. The van der Waals surface area contributed by atoms with Gasteiger partial charge in [-0.3, -0.25) is 19.8 Å². The van der Waals surface area contributed by atoms with Crippen molar-refractivity contribution in [2.75, 3.05) is 62.3 Å². The van der Waals surface area contributed by atoms with E-state index in [2.05, 4.69) is 24.8 Å². The number of aryl methyl sites for hydroxylation is 2. The highest BCUT2D eigenvalue weighted by molar-refractivity contribution is 7.22. The Labute approximate surface area is 215 Å². The van der Waals surface area contributed by atoms with E-state index < -0.39 is 4.92 Å². The lowest BCUT2D eigenvalue weighted by Gasteiger charge is -2.29. The summed E-state index contributed by atoms with van der Waals surface area (Å²) in [6.45, 7) is 13.3. The van der Waals surface area contributed by atoms with Crippen molar-refractivity contribution in [3.8, 4) is 0 Å². The number of fused-ring (bicyclic) bond motifs is 1. The van der Waals surface area contributed by atoms with Crippen LogP contribution in [0, 0.1) is 24.0 Å². The maximum Gasteiger partial charge on any atom is 0.293 e. The molecule has 1 saturated heterocycles. The van der Waals surface area contributed by atoms with Crippen LogP contribution in [-0.4, -0.2) is 73.2 Å². The molecule has 2 aromatic carbocycles. The lowest BCUT2D eigenvalue weighted by molar-refractivity contribution is -0.384. The van der Waals surface area contributed by atoms with Crippen LogP contribution in [0.5, 0.6) is 0 Å². The van der Waals surface area contributed by atoms with Crippen molar-refractivity contribution in [3.63, 3.8) is 0 Å². The van der Waals surface area contributed by atoms with Crippen molar-refractivity contribution in [2.24, 2.45) is 0 Å². The third-order valence-electron chi connectivity index (χ3n) is 6.59. The van der Waals surface area contributed by atoms with Gasteiger partial charge in [-0.25, -0.2) is 4.98 Å². The zero-order valence-electron chi connectivity index (χ0n) is 21.3. The first-order chi connectivity index (χ1) is 17.3. The van der Waals surface area contributed by atoms with Crippen molar-refractivity contribution < 1.29 is 14.5 Å². The molecule has 10 heteroatoms. The van der Waals surface area contributed by atoms with Crippen molar-refractivity contribution in [2.45, 2.75) is 27.7 Å². The summed E-state index contributed by atoms with van der Waals surface area (Å²) in [6, 6.07) is 8.91. The molecule has 1 fully saturated rings. The number of hydrogen-bond acceptors (Lipinski definition) is 8. The number of morpholine rings is 1. The molecule has 2 heterocycles. The zero-order chi connectivity index (χ0) is 25.8. The number of likely N-dealkylation sites (N-methyl/N-ethyl adjacent to an activating group) is 1. The number of aromatic nitrogens is 1. The largest absolute Gasteiger partial charge is 0.378 e. The second kappa shape index (κ2) is 11.3. The SMILES string of the molecule is CCN(CC)CCN(C(=O)c1ccc(N2CCOCC2)c([N+](=O)[O-])c1)c1nc2cc(C)cc(C)c2s1. The number of rotatable bonds is 9. The van der Waals surface area contributed by atoms with Gasteiger partial charge in [-0.2, -0.15) is 0 Å². The average molecular weight is 512 g/mol. The number of ether oxygens (including phenoxy) is 1. The summed E-state index contributed by atoms with van der Waals surface area (Å²) in [5.41, 5.74) is 3.83. The third kappa shape index (κ3) is 5.50. The van der Waals surface area contributed by atoms with Gasteiger partial charge in [0.05, 0.1) is 28.4 Å². The molecular weight excluding hydrogens is 478 g/mol. The fraction of sp³-hybridized carbons (Fsp3) is 0.462. The molecule has 9 nitrogen and oxygen atoms in total. The summed E-state index contributed by atoms with van der Waals surface area (Å²) in [6.07, 6.45) is 0. The first-order valence-electron chi connectivity index (χ1n) is 12.4. The van der Waals surface area contributed by atoms with Gasteiger partial charge in [0.1, 0.15) is 5.69 Å². The fourth-order valence-corrected chi connectivity index (χ4v) is 5.62. The number of anilines is 2. The number of amides is 1.